The minimum atomic E-state index is -0.500. The zero-order valence-corrected chi connectivity index (χ0v) is 13.6. The molecule has 1 aromatic heterocycles. The van der Waals surface area contributed by atoms with E-state index in [1.165, 1.54) is 18.2 Å². The predicted octanol–water partition coefficient (Wildman–Crippen LogP) is 4.84. The predicted molar refractivity (Wildman–Crippen MR) is 85.3 cm³/mol. The van der Waals surface area contributed by atoms with Crippen molar-refractivity contribution in [2.45, 2.75) is 19.8 Å². The number of amides is 1. The number of pyridine rings is 1. The van der Waals surface area contributed by atoms with Gasteiger partial charge in [-0.15, -0.1) is 0 Å². The van der Waals surface area contributed by atoms with E-state index in [9.17, 15) is 9.18 Å². The van der Waals surface area contributed by atoms with Gasteiger partial charge >= 0.3 is 0 Å². The minimum absolute atomic E-state index is 0.111. The summed E-state index contributed by atoms with van der Waals surface area (Å²) in [4.78, 5) is 16.4. The second-order valence-electron chi connectivity index (χ2n) is 4.50. The zero-order chi connectivity index (χ0) is 15.4. The van der Waals surface area contributed by atoms with Crippen LogP contribution in [-0.2, 0) is 6.42 Å². The Kier molecular flexibility index (Phi) is 5.31. The fourth-order valence-corrected chi connectivity index (χ4v) is 2.44. The number of rotatable bonds is 4. The third-order valence-electron chi connectivity index (χ3n) is 2.79. The molecule has 0 aliphatic heterocycles. The molecular formula is C15H13BrClFN2O. The lowest BCUT2D eigenvalue weighted by Crippen LogP contribution is -2.14. The average molecular weight is 372 g/mol. The number of halogens is 3. The van der Waals surface area contributed by atoms with Crippen molar-refractivity contribution in [3.05, 3.63) is 57.0 Å². The number of hydrogen-bond donors (Lipinski definition) is 1. The van der Waals surface area contributed by atoms with Gasteiger partial charge in [0.05, 0.1) is 5.69 Å². The molecule has 0 fully saturated rings. The fraction of sp³-hybridized carbons (Fsp3) is 0.200. The van der Waals surface area contributed by atoms with E-state index in [0.29, 0.717) is 10.0 Å². The van der Waals surface area contributed by atoms with Crippen LogP contribution in [0, 0.1) is 5.82 Å². The molecular weight excluding hydrogens is 359 g/mol. The van der Waals surface area contributed by atoms with Crippen molar-refractivity contribution in [3.63, 3.8) is 0 Å². The molecule has 0 aliphatic carbocycles. The van der Waals surface area contributed by atoms with Crippen LogP contribution in [0.25, 0.3) is 0 Å². The highest BCUT2D eigenvalue weighted by molar-refractivity contribution is 9.10. The Hall–Kier alpha value is -1.46. The Morgan fingerprint density at radius 3 is 2.86 bits per heavy atom. The van der Waals surface area contributed by atoms with Crippen LogP contribution < -0.4 is 5.32 Å². The zero-order valence-electron chi connectivity index (χ0n) is 11.3. The molecule has 0 aliphatic rings. The lowest BCUT2D eigenvalue weighted by Gasteiger charge is -2.08. The first-order valence-electron chi connectivity index (χ1n) is 6.42. The first-order valence-corrected chi connectivity index (χ1v) is 7.59. The topological polar surface area (TPSA) is 42.0 Å². The van der Waals surface area contributed by atoms with Gasteiger partial charge in [0.15, 0.2) is 0 Å². The molecule has 21 heavy (non-hydrogen) atoms. The van der Waals surface area contributed by atoms with E-state index in [1.54, 1.807) is 12.1 Å². The standard InChI is InChI=1S/C15H13BrClFN2O/c1-2-3-11-6-9(7-14(17)19-11)15(21)20-13-8-10(16)4-5-12(13)18/h4-8H,2-3H2,1H3,(H,20,21). The summed E-state index contributed by atoms with van der Waals surface area (Å²) in [5.41, 5.74) is 1.21. The van der Waals surface area contributed by atoms with Crippen LogP contribution >= 0.6 is 27.5 Å². The molecule has 110 valence electrons. The lowest BCUT2D eigenvalue weighted by molar-refractivity contribution is 0.102. The summed E-state index contributed by atoms with van der Waals surface area (Å²) in [6.45, 7) is 2.01. The summed E-state index contributed by atoms with van der Waals surface area (Å²) >= 11 is 9.15. The van der Waals surface area contributed by atoms with Crippen LogP contribution in [0.15, 0.2) is 34.8 Å². The summed E-state index contributed by atoms with van der Waals surface area (Å²) in [5.74, 6) is -0.922. The van der Waals surface area contributed by atoms with Gasteiger partial charge in [-0.3, -0.25) is 4.79 Å². The average Bonchev–Trinajstić information content (AvgIpc) is 2.42. The Morgan fingerprint density at radius 2 is 2.14 bits per heavy atom. The molecule has 0 saturated carbocycles. The van der Waals surface area contributed by atoms with E-state index < -0.39 is 11.7 Å². The molecule has 6 heteroatoms. The van der Waals surface area contributed by atoms with Gasteiger partial charge in [0, 0.05) is 15.7 Å². The van der Waals surface area contributed by atoms with E-state index in [4.69, 9.17) is 11.6 Å². The summed E-state index contributed by atoms with van der Waals surface area (Å²) in [5, 5.41) is 2.78. The third kappa shape index (κ3) is 4.25. The molecule has 0 bridgehead atoms. The van der Waals surface area contributed by atoms with Gasteiger partial charge in [-0.25, -0.2) is 9.37 Å². The second kappa shape index (κ2) is 7.00. The molecule has 1 heterocycles. The minimum Gasteiger partial charge on any atom is -0.319 e. The van der Waals surface area contributed by atoms with Crippen LogP contribution in [0.1, 0.15) is 29.4 Å². The van der Waals surface area contributed by atoms with Gasteiger partial charge in [-0.05, 0) is 36.8 Å². The van der Waals surface area contributed by atoms with Crippen molar-refractivity contribution in [1.82, 2.24) is 4.98 Å². The number of carbonyl (C=O) groups is 1. The Labute approximate surface area is 135 Å². The normalized spacial score (nSPS) is 10.5. The van der Waals surface area contributed by atoms with E-state index >= 15 is 0 Å². The number of aromatic nitrogens is 1. The fourth-order valence-electron chi connectivity index (χ4n) is 1.85. The molecule has 0 spiro atoms. The van der Waals surface area contributed by atoms with E-state index in [2.05, 4.69) is 26.2 Å². The largest absolute Gasteiger partial charge is 0.319 e. The van der Waals surface area contributed by atoms with Crippen molar-refractivity contribution in [1.29, 1.82) is 0 Å². The SMILES string of the molecule is CCCc1cc(C(=O)Nc2cc(Br)ccc2F)cc(Cl)n1. The number of nitrogens with one attached hydrogen (secondary N) is 1. The molecule has 0 saturated heterocycles. The quantitative estimate of drug-likeness (QED) is 0.781. The molecule has 0 radical (unpaired) electrons. The van der Waals surface area contributed by atoms with Gasteiger partial charge in [0.1, 0.15) is 11.0 Å². The van der Waals surface area contributed by atoms with E-state index in [1.807, 2.05) is 6.92 Å². The van der Waals surface area contributed by atoms with Crippen LogP contribution in [0.3, 0.4) is 0 Å². The second-order valence-corrected chi connectivity index (χ2v) is 5.80. The summed E-state index contributed by atoms with van der Waals surface area (Å²) < 4.78 is 14.3. The van der Waals surface area contributed by atoms with Crippen molar-refractivity contribution in [2.24, 2.45) is 0 Å². The Bertz CT molecular complexity index is 679. The maximum absolute atomic E-state index is 13.7. The van der Waals surface area contributed by atoms with Crippen molar-refractivity contribution >= 4 is 39.1 Å². The Balaban J connectivity index is 2.25. The van der Waals surface area contributed by atoms with Crippen molar-refractivity contribution < 1.29 is 9.18 Å². The van der Waals surface area contributed by atoms with E-state index in [-0.39, 0.29) is 10.8 Å². The van der Waals surface area contributed by atoms with Gasteiger partial charge in [0.2, 0.25) is 0 Å². The van der Waals surface area contributed by atoms with Crippen LogP contribution in [0.4, 0.5) is 10.1 Å². The maximum atomic E-state index is 13.7. The van der Waals surface area contributed by atoms with Gasteiger partial charge in [-0.1, -0.05) is 40.9 Å². The molecule has 1 aromatic carbocycles. The molecule has 0 atom stereocenters. The molecule has 2 rings (SSSR count). The van der Waals surface area contributed by atoms with Gasteiger partial charge in [-0.2, -0.15) is 0 Å². The van der Waals surface area contributed by atoms with Crippen molar-refractivity contribution in [2.75, 3.05) is 5.32 Å². The number of carbonyl (C=O) groups excluding carboxylic acids is 1. The van der Waals surface area contributed by atoms with E-state index in [0.717, 1.165) is 18.5 Å². The van der Waals surface area contributed by atoms with Crippen LogP contribution in [-0.4, -0.2) is 10.9 Å². The molecule has 1 amide bonds. The van der Waals surface area contributed by atoms with Crippen molar-refractivity contribution in [3.8, 4) is 0 Å². The molecule has 3 nitrogen and oxygen atoms in total. The summed E-state index contributed by atoms with van der Waals surface area (Å²) in [6.07, 6.45) is 1.63. The monoisotopic (exact) mass is 370 g/mol. The number of hydrogen-bond acceptors (Lipinski definition) is 2. The summed E-state index contributed by atoms with van der Waals surface area (Å²) in [7, 11) is 0. The molecule has 0 unspecified atom stereocenters. The maximum Gasteiger partial charge on any atom is 0.255 e. The first kappa shape index (κ1) is 15.9. The number of anilines is 1. The van der Waals surface area contributed by atoms with Crippen LogP contribution in [0.2, 0.25) is 5.15 Å². The van der Waals surface area contributed by atoms with Gasteiger partial charge < -0.3 is 5.32 Å². The Morgan fingerprint density at radius 1 is 1.38 bits per heavy atom. The number of aryl methyl sites for hydroxylation is 1. The smallest absolute Gasteiger partial charge is 0.255 e. The molecule has 2 aromatic rings. The highest BCUT2D eigenvalue weighted by Crippen LogP contribution is 2.21. The lowest BCUT2D eigenvalue weighted by atomic mass is 10.1. The number of benzene rings is 1. The highest BCUT2D eigenvalue weighted by atomic mass is 79.9. The third-order valence-corrected chi connectivity index (χ3v) is 3.48. The highest BCUT2D eigenvalue weighted by Gasteiger charge is 2.12. The van der Waals surface area contributed by atoms with Gasteiger partial charge in [0.25, 0.3) is 5.91 Å². The summed E-state index contributed by atoms with van der Waals surface area (Å²) in [6, 6.07) is 7.48. The molecule has 1 N–H and O–H groups in total. The van der Waals surface area contributed by atoms with Crippen LogP contribution in [0.5, 0.6) is 0 Å². The first-order chi connectivity index (χ1) is 9.99. The number of nitrogens with zero attached hydrogens (tertiary/aromatic N) is 1.